The van der Waals surface area contributed by atoms with E-state index in [1.54, 1.807) is 66.9 Å². The lowest BCUT2D eigenvalue weighted by molar-refractivity contribution is -0.115. The number of amides is 1. The minimum absolute atomic E-state index is 0.0299. The van der Waals surface area contributed by atoms with Crippen LogP contribution in [0.25, 0.3) is 22.0 Å². The average molecular weight is 462 g/mol. The molecule has 4 rings (SSSR count). The van der Waals surface area contributed by atoms with E-state index in [-0.39, 0.29) is 23.1 Å². The molecular weight excluding hydrogens is 438 g/mol. The molecule has 0 aliphatic rings. The molecule has 0 saturated carbocycles. The van der Waals surface area contributed by atoms with E-state index in [0.717, 1.165) is 22.0 Å². The van der Waals surface area contributed by atoms with Crippen LogP contribution in [0.2, 0.25) is 0 Å². The fourth-order valence-electron chi connectivity index (χ4n) is 3.65. The molecule has 168 valence electrons. The number of carbonyl (C=O) groups excluding carboxylic acids is 1. The number of aromatic nitrogens is 1. The maximum Gasteiger partial charge on any atom is 0.240 e. The van der Waals surface area contributed by atoms with E-state index >= 15 is 0 Å². The van der Waals surface area contributed by atoms with E-state index in [1.165, 1.54) is 7.05 Å². The molecule has 0 saturated heterocycles. The van der Waals surface area contributed by atoms with E-state index in [9.17, 15) is 13.2 Å². The van der Waals surface area contributed by atoms with Gasteiger partial charge < -0.3 is 16.0 Å². The van der Waals surface area contributed by atoms with Gasteiger partial charge in [0.2, 0.25) is 15.9 Å². The second kappa shape index (κ2) is 8.89. The Labute approximate surface area is 191 Å². The van der Waals surface area contributed by atoms with Gasteiger partial charge in [-0.2, -0.15) is 0 Å². The van der Waals surface area contributed by atoms with Gasteiger partial charge in [-0.3, -0.25) is 10.2 Å². The minimum Gasteiger partial charge on any atom is -0.384 e. The van der Waals surface area contributed by atoms with Crippen molar-refractivity contribution in [1.82, 2.24) is 9.71 Å². The van der Waals surface area contributed by atoms with E-state index in [0.29, 0.717) is 16.8 Å². The van der Waals surface area contributed by atoms with Gasteiger partial charge in [-0.05, 0) is 54.6 Å². The van der Waals surface area contributed by atoms with Gasteiger partial charge in [-0.15, -0.1) is 0 Å². The van der Waals surface area contributed by atoms with Crippen molar-refractivity contribution in [3.63, 3.8) is 0 Å². The number of nitrogens with two attached hydrogens (primary N) is 1. The largest absolute Gasteiger partial charge is 0.384 e. The molecule has 0 aliphatic carbocycles. The Balaban J connectivity index is 1.52. The van der Waals surface area contributed by atoms with Gasteiger partial charge in [-0.1, -0.05) is 30.3 Å². The van der Waals surface area contributed by atoms with Crippen molar-refractivity contribution in [2.75, 3.05) is 12.4 Å². The highest BCUT2D eigenvalue weighted by atomic mass is 32.2. The third-order valence-corrected chi connectivity index (χ3v) is 6.83. The van der Waals surface area contributed by atoms with E-state index < -0.39 is 10.0 Å². The van der Waals surface area contributed by atoms with E-state index in [4.69, 9.17) is 11.1 Å². The number of anilines is 1. The zero-order valence-corrected chi connectivity index (χ0v) is 18.7. The lowest BCUT2D eigenvalue weighted by atomic mass is 10.0. The number of benzene rings is 3. The third kappa shape index (κ3) is 4.64. The monoisotopic (exact) mass is 461 g/mol. The van der Waals surface area contributed by atoms with Crippen LogP contribution in [-0.4, -0.2) is 32.2 Å². The summed E-state index contributed by atoms with van der Waals surface area (Å²) in [5.41, 5.74) is 9.73. The second-order valence-corrected chi connectivity index (χ2v) is 9.35. The number of H-pyrrole nitrogens is 1. The summed E-state index contributed by atoms with van der Waals surface area (Å²) < 4.78 is 27.0. The van der Waals surface area contributed by atoms with Gasteiger partial charge in [0.15, 0.2) is 0 Å². The number of rotatable bonds is 7. The smallest absolute Gasteiger partial charge is 0.240 e. The highest BCUT2D eigenvalue weighted by Gasteiger charge is 2.17. The molecule has 0 fully saturated rings. The number of hydrogen-bond donors (Lipinski definition) is 5. The van der Waals surface area contributed by atoms with Crippen LogP contribution < -0.4 is 15.8 Å². The zero-order valence-electron chi connectivity index (χ0n) is 17.8. The van der Waals surface area contributed by atoms with Gasteiger partial charge in [0.05, 0.1) is 11.3 Å². The van der Waals surface area contributed by atoms with Gasteiger partial charge in [-0.25, -0.2) is 13.1 Å². The molecule has 0 unspecified atom stereocenters. The summed E-state index contributed by atoms with van der Waals surface area (Å²) in [6.07, 6.45) is 1.92. The maximum atomic E-state index is 12.6. The molecule has 8 nitrogen and oxygen atoms in total. The minimum atomic E-state index is -3.61. The summed E-state index contributed by atoms with van der Waals surface area (Å²) >= 11 is 0. The predicted molar refractivity (Wildman–Crippen MR) is 130 cm³/mol. The third-order valence-electron chi connectivity index (χ3n) is 5.35. The lowest BCUT2D eigenvalue weighted by Crippen LogP contribution is -2.19. The normalized spacial score (nSPS) is 11.4. The Morgan fingerprint density at radius 1 is 1.06 bits per heavy atom. The van der Waals surface area contributed by atoms with Crippen LogP contribution in [0, 0.1) is 5.41 Å². The molecule has 6 N–H and O–H groups in total. The predicted octanol–water partition coefficient (Wildman–Crippen LogP) is 3.21. The first-order chi connectivity index (χ1) is 15.8. The summed E-state index contributed by atoms with van der Waals surface area (Å²) in [5, 5.41) is 11.3. The Bertz CT molecular complexity index is 1460. The molecule has 3 aromatic carbocycles. The molecule has 4 aromatic rings. The van der Waals surface area contributed by atoms with Crippen LogP contribution in [0.5, 0.6) is 0 Å². The molecule has 9 heteroatoms. The van der Waals surface area contributed by atoms with Gasteiger partial charge in [0.25, 0.3) is 0 Å². The molecule has 0 atom stereocenters. The van der Waals surface area contributed by atoms with Crippen LogP contribution in [-0.2, 0) is 21.2 Å². The number of carbonyl (C=O) groups is 1. The number of fused-ring (bicyclic) bond motifs is 1. The number of amidine groups is 1. The molecule has 0 bridgehead atoms. The number of aromatic amines is 1. The quantitative estimate of drug-likeness (QED) is 0.213. The summed E-state index contributed by atoms with van der Waals surface area (Å²) in [4.78, 5) is 16.0. The summed E-state index contributed by atoms with van der Waals surface area (Å²) in [5.74, 6) is -0.229. The van der Waals surface area contributed by atoms with Crippen molar-refractivity contribution < 1.29 is 13.2 Å². The second-order valence-electron chi connectivity index (χ2n) is 7.49. The summed E-state index contributed by atoms with van der Waals surface area (Å²) in [6.45, 7) is 0. The number of sulfonamides is 1. The van der Waals surface area contributed by atoms with Crippen LogP contribution in [0.3, 0.4) is 0 Å². The molecule has 0 spiro atoms. The maximum absolute atomic E-state index is 12.6. The van der Waals surface area contributed by atoms with Crippen LogP contribution >= 0.6 is 0 Å². The van der Waals surface area contributed by atoms with Gasteiger partial charge >= 0.3 is 0 Å². The number of nitrogen functional groups attached to an aromatic ring is 1. The Morgan fingerprint density at radius 3 is 2.48 bits per heavy atom. The Hall–Kier alpha value is -3.95. The highest BCUT2D eigenvalue weighted by molar-refractivity contribution is 7.89. The fraction of sp³-hybridized carbons (Fsp3) is 0.0833. The molecule has 1 amide bonds. The Kier molecular flexibility index (Phi) is 5.99. The Morgan fingerprint density at radius 2 is 1.79 bits per heavy atom. The SMILES string of the molecule is CNS(=O)(=O)c1ccccc1-c1ccc(NC(=O)Cc2c[nH]c3ccc(C(=N)N)cc23)cc1. The first kappa shape index (κ1) is 22.3. The lowest BCUT2D eigenvalue weighted by Gasteiger charge is -2.11. The zero-order chi connectivity index (χ0) is 23.6. The number of hydrogen-bond acceptors (Lipinski definition) is 4. The summed E-state index contributed by atoms with van der Waals surface area (Å²) in [6, 6.07) is 19.1. The number of nitrogens with one attached hydrogen (secondary N) is 4. The molecule has 0 radical (unpaired) electrons. The van der Waals surface area contributed by atoms with Crippen molar-refractivity contribution in [3.8, 4) is 11.1 Å². The topological polar surface area (TPSA) is 141 Å². The molecule has 0 aliphatic heterocycles. The van der Waals surface area contributed by atoms with Crippen molar-refractivity contribution in [1.29, 1.82) is 5.41 Å². The van der Waals surface area contributed by atoms with E-state index in [2.05, 4.69) is 15.0 Å². The van der Waals surface area contributed by atoms with Crippen LogP contribution in [0.15, 0.2) is 77.8 Å². The van der Waals surface area contributed by atoms with Crippen molar-refractivity contribution in [2.24, 2.45) is 5.73 Å². The average Bonchev–Trinajstić information content (AvgIpc) is 3.21. The van der Waals surface area contributed by atoms with Crippen LogP contribution in [0.4, 0.5) is 5.69 Å². The first-order valence-corrected chi connectivity index (χ1v) is 11.6. The van der Waals surface area contributed by atoms with Crippen molar-refractivity contribution >= 4 is 38.4 Å². The molecule has 1 heterocycles. The highest BCUT2D eigenvalue weighted by Crippen LogP contribution is 2.28. The molecule has 33 heavy (non-hydrogen) atoms. The van der Waals surface area contributed by atoms with Gasteiger partial charge in [0.1, 0.15) is 5.84 Å². The summed E-state index contributed by atoms with van der Waals surface area (Å²) in [7, 11) is -2.23. The van der Waals surface area contributed by atoms with E-state index in [1.807, 2.05) is 6.07 Å². The standard InChI is InChI=1S/C24H23N5O3S/c1-27-33(31,32)22-5-3-2-4-19(22)15-6-9-18(10-7-15)29-23(30)13-17-14-28-21-11-8-16(24(25)26)12-20(17)21/h2-12,14,27-28H,13H2,1H3,(H3,25,26)(H,29,30). The van der Waals surface area contributed by atoms with Gasteiger partial charge in [0, 0.05) is 33.9 Å². The van der Waals surface area contributed by atoms with Crippen molar-refractivity contribution in [2.45, 2.75) is 11.3 Å². The molecular formula is C24H23N5O3S. The molecule has 1 aromatic heterocycles. The fourth-order valence-corrected chi connectivity index (χ4v) is 4.61. The van der Waals surface area contributed by atoms with Crippen molar-refractivity contribution in [3.05, 3.63) is 84.1 Å². The van der Waals surface area contributed by atoms with Crippen LogP contribution in [0.1, 0.15) is 11.1 Å². The first-order valence-electron chi connectivity index (χ1n) is 10.2.